The molecule has 1 N–H and O–H groups in total. The molecule has 1 atom stereocenters. The Balaban J connectivity index is 2.95. The average molecular weight is 128 g/mol. The van der Waals surface area contributed by atoms with Gasteiger partial charge in [-0.15, -0.1) is 0 Å². The van der Waals surface area contributed by atoms with E-state index in [4.69, 9.17) is 0 Å². The van der Waals surface area contributed by atoms with Crippen LogP contribution >= 0.6 is 0 Å². The minimum Gasteiger partial charge on any atom is -0.315 e. The molecular formula is C8H18N. The van der Waals surface area contributed by atoms with Gasteiger partial charge in [0.05, 0.1) is 0 Å². The van der Waals surface area contributed by atoms with Crippen molar-refractivity contribution in [2.24, 2.45) is 0 Å². The van der Waals surface area contributed by atoms with Crippen molar-refractivity contribution in [2.75, 3.05) is 6.54 Å². The highest BCUT2D eigenvalue weighted by Gasteiger charge is 1.95. The van der Waals surface area contributed by atoms with E-state index in [1.165, 1.54) is 12.8 Å². The highest BCUT2D eigenvalue weighted by atomic mass is 14.9. The zero-order valence-corrected chi connectivity index (χ0v) is 6.61. The van der Waals surface area contributed by atoms with Crippen LogP contribution < -0.4 is 5.32 Å². The molecule has 0 aliphatic carbocycles. The van der Waals surface area contributed by atoms with Crippen LogP contribution in [-0.2, 0) is 0 Å². The first kappa shape index (κ1) is 8.96. The predicted molar refractivity (Wildman–Crippen MR) is 42.3 cm³/mol. The minimum absolute atomic E-state index is 0.678. The molecule has 0 aromatic rings. The molecule has 0 rings (SSSR count). The third-order valence-electron chi connectivity index (χ3n) is 1.44. The van der Waals surface area contributed by atoms with Crippen LogP contribution in [0.25, 0.3) is 0 Å². The molecule has 1 radical (unpaired) electrons. The first-order valence-electron chi connectivity index (χ1n) is 3.83. The van der Waals surface area contributed by atoms with E-state index in [-0.39, 0.29) is 0 Å². The molecule has 1 nitrogen and oxygen atoms in total. The van der Waals surface area contributed by atoms with Crippen LogP contribution in [0.15, 0.2) is 0 Å². The Labute approximate surface area is 58.8 Å². The van der Waals surface area contributed by atoms with Crippen LogP contribution in [0.3, 0.4) is 0 Å². The van der Waals surface area contributed by atoms with Crippen molar-refractivity contribution >= 4 is 0 Å². The lowest BCUT2D eigenvalue weighted by molar-refractivity contribution is 0.514. The lowest BCUT2D eigenvalue weighted by atomic mass is 10.1. The zero-order valence-electron chi connectivity index (χ0n) is 6.61. The highest BCUT2D eigenvalue weighted by Crippen LogP contribution is 1.97. The van der Waals surface area contributed by atoms with E-state index in [0.717, 1.165) is 13.0 Å². The summed E-state index contributed by atoms with van der Waals surface area (Å²) in [4.78, 5) is 0. The van der Waals surface area contributed by atoms with Crippen LogP contribution in [0, 0.1) is 6.92 Å². The van der Waals surface area contributed by atoms with Crippen molar-refractivity contribution < 1.29 is 0 Å². The molecular weight excluding hydrogens is 110 g/mol. The van der Waals surface area contributed by atoms with Crippen LogP contribution in [0.5, 0.6) is 0 Å². The van der Waals surface area contributed by atoms with Gasteiger partial charge in [0.15, 0.2) is 0 Å². The summed E-state index contributed by atoms with van der Waals surface area (Å²) >= 11 is 0. The lowest BCUT2D eigenvalue weighted by Gasteiger charge is -2.09. The van der Waals surface area contributed by atoms with Crippen molar-refractivity contribution in [2.45, 2.75) is 39.2 Å². The maximum atomic E-state index is 3.79. The maximum Gasteiger partial charge on any atom is 0.00386 e. The van der Waals surface area contributed by atoms with Gasteiger partial charge in [-0.2, -0.15) is 0 Å². The number of rotatable bonds is 5. The summed E-state index contributed by atoms with van der Waals surface area (Å²) in [5.41, 5.74) is 0. The minimum atomic E-state index is 0.678. The maximum absolute atomic E-state index is 3.79. The predicted octanol–water partition coefficient (Wildman–Crippen LogP) is 1.99. The Morgan fingerprint density at radius 3 is 2.67 bits per heavy atom. The van der Waals surface area contributed by atoms with Crippen molar-refractivity contribution in [3.05, 3.63) is 6.92 Å². The normalized spacial score (nSPS) is 13.7. The molecule has 0 spiro atoms. The van der Waals surface area contributed by atoms with E-state index in [1.54, 1.807) is 0 Å². The monoisotopic (exact) mass is 128 g/mol. The summed E-state index contributed by atoms with van der Waals surface area (Å²) in [6, 6.07) is 0.678. The fourth-order valence-corrected chi connectivity index (χ4v) is 0.901. The molecule has 55 valence electrons. The Hall–Kier alpha value is -0.0400. The van der Waals surface area contributed by atoms with Crippen LogP contribution in [-0.4, -0.2) is 12.6 Å². The summed E-state index contributed by atoms with van der Waals surface area (Å²) in [5.74, 6) is 0. The van der Waals surface area contributed by atoms with E-state index in [9.17, 15) is 0 Å². The van der Waals surface area contributed by atoms with Gasteiger partial charge < -0.3 is 5.32 Å². The largest absolute Gasteiger partial charge is 0.315 e. The van der Waals surface area contributed by atoms with Gasteiger partial charge in [-0.25, -0.2) is 0 Å². The second-order valence-electron chi connectivity index (χ2n) is 2.45. The Morgan fingerprint density at radius 2 is 2.22 bits per heavy atom. The summed E-state index contributed by atoms with van der Waals surface area (Å²) < 4.78 is 0. The molecule has 0 aliphatic rings. The second kappa shape index (κ2) is 6.09. The van der Waals surface area contributed by atoms with Crippen LogP contribution in [0.2, 0.25) is 0 Å². The van der Waals surface area contributed by atoms with Gasteiger partial charge in [0, 0.05) is 6.04 Å². The third kappa shape index (κ3) is 5.84. The van der Waals surface area contributed by atoms with E-state index < -0.39 is 0 Å². The average Bonchev–Trinajstić information content (AvgIpc) is 1.85. The van der Waals surface area contributed by atoms with E-state index >= 15 is 0 Å². The number of unbranched alkanes of at least 4 members (excludes halogenated alkanes) is 1. The fourth-order valence-electron chi connectivity index (χ4n) is 0.901. The first-order chi connectivity index (χ1) is 4.31. The Morgan fingerprint density at radius 1 is 1.56 bits per heavy atom. The first-order valence-corrected chi connectivity index (χ1v) is 3.83. The van der Waals surface area contributed by atoms with Gasteiger partial charge in [-0.3, -0.25) is 0 Å². The topological polar surface area (TPSA) is 12.0 Å². The van der Waals surface area contributed by atoms with Crippen LogP contribution in [0.1, 0.15) is 33.1 Å². The van der Waals surface area contributed by atoms with Crippen molar-refractivity contribution in [3.63, 3.8) is 0 Å². The summed E-state index contributed by atoms with van der Waals surface area (Å²) in [6.45, 7) is 9.23. The van der Waals surface area contributed by atoms with Gasteiger partial charge in [0.25, 0.3) is 0 Å². The Bertz CT molecular complexity index is 52.5. The van der Waals surface area contributed by atoms with Crippen LogP contribution in [0.4, 0.5) is 0 Å². The SMILES string of the molecule is [CH2]CCCC(C)NCC. The fraction of sp³-hybridized carbons (Fsp3) is 0.875. The molecule has 1 unspecified atom stereocenters. The molecule has 0 aromatic heterocycles. The highest BCUT2D eigenvalue weighted by molar-refractivity contribution is 4.58. The molecule has 0 saturated heterocycles. The van der Waals surface area contributed by atoms with Crippen molar-refractivity contribution in [3.8, 4) is 0 Å². The van der Waals surface area contributed by atoms with E-state index in [2.05, 4.69) is 26.1 Å². The molecule has 1 heteroatoms. The molecule has 0 bridgehead atoms. The molecule has 0 fully saturated rings. The zero-order chi connectivity index (χ0) is 7.11. The molecule has 0 saturated carbocycles. The third-order valence-corrected chi connectivity index (χ3v) is 1.44. The van der Waals surface area contributed by atoms with Gasteiger partial charge in [0.1, 0.15) is 0 Å². The van der Waals surface area contributed by atoms with E-state index in [1.807, 2.05) is 0 Å². The smallest absolute Gasteiger partial charge is 0.00386 e. The van der Waals surface area contributed by atoms with Gasteiger partial charge in [-0.1, -0.05) is 26.7 Å². The van der Waals surface area contributed by atoms with Crippen molar-refractivity contribution in [1.82, 2.24) is 5.32 Å². The molecule has 0 aliphatic heterocycles. The summed E-state index contributed by atoms with van der Waals surface area (Å²) in [7, 11) is 0. The van der Waals surface area contributed by atoms with Gasteiger partial charge in [-0.05, 0) is 19.9 Å². The molecule has 9 heavy (non-hydrogen) atoms. The summed E-state index contributed by atoms with van der Waals surface area (Å²) in [6.07, 6.45) is 3.57. The number of hydrogen-bond donors (Lipinski definition) is 1. The lowest BCUT2D eigenvalue weighted by Crippen LogP contribution is -2.25. The van der Waals surface area contributed by atoms with Gasteiger partial charge >= 0.3 is 0 Å². The standard InChI is InChI=1S/C8H18N/c1-4-6-7-8(3)9-5-2/h8-9H,1,4-7H2,2-3H3. The number of nitrogens with one attached hydrogen (secondary N) is 1. The molecule has 0 amide bonds. The molecule has 0 aromatic carbocycles. The second-order valence-corrected chi connectivity index (χ2v) is 2.45. The summed E-state index contributed by atoms with van der Waals surface area (Å²) in [5, 5.41) is 3.35. The van der Waals surface area contributed by atoms with E-state index in [0.29, 0.717) is 6.04 Å². The van der Waals surface area contributed by atoms with Crippen molar-refractivity contribution in [1.29, 1.82) is 0 Å². The number of hydrogen-bond acceptors (Lipinski definition) is 1. The quantitative estimate of drug-likeness (QED) is 0.597. The molecule has 0 heterocycles. The van der Waals surface area contributed by atoms with Gasteiger partial charge in [0.2, 0.25) is 0 Å². The Kier molecular flexibility index (Phi) is 6.06.